The zero-order valence-electron chi connectivity index (χ0n) is 10.2. The minimum Gasteiger partial charge on any atom is -0.311 e. The maximum absolute atomic E-state index is 4.35. The molecule has 0 fully saturated rings. The third kappa shape index (κ3) is 5.87. The van der Waals surface area contributed by atoms with Crippen LogP contribution in [-0.2, 0) is 0 Å². The fourth-order valence-corrected chi connectivity index (χ4v) is 2.20. The van der Waals surface area contributed by atoms with Crippen molar-refractivity contribution in [3.63, 3.8) is 0 Å². The van der Waals surface area contributed by atoms with Crippen molar-refractivity contribution >= 4 is 27.7 Å². The summed E-state index contributed by atoms with van der Waals surface area (Å²) in [5, 5.41) is 5.09. The first-order chi connectivity index (χ1) is 7.37. The summed E-state index contributed by atoms with van der Waals surface area (Å²) in [6.45, 7) is 9.76. The van der Waals surface area contributed by atoms with Gasteiger partial charge in [0.2, 0.25) is 0 Å². The summed E-state index contributed by atoms with van der Waals surface area (Å²) in [4.78, 5) is 4.35. The maximum atomic E-state index is 4.35. The Hall–Kier alpha value is -0.0600. The van der Waals surface area contributed by atoms with Gasteiger partial charge in [-0.25, -0.2) is 4.98 Å². The fraction of sp³-hybridized carbons (Fsp3) is 0.583. The van der Waals surface area contributed by atoms with Crippen molar-refractivity contribution in [1.82, 2.24) is 10.3 Å². The normalized spacial score (nSPS) is 13.8. The van der Waals surface area contributed by atoms with Gasteiger partial charge in [0.1, 0.15) is 0 Å². The lowest BCUT2D eigenvalue weighted by Gasteiger charge is -2.23. The molecule has 0 spiro atoms. The highest BCUT2D eigenvalue weighted by Gasteiger charge is 2.12. The van der Waals surface area contributed by atoms with Crippen LogP contribution < -0.4 is 5.32 Å². The van der Waals surface area contributed by atoms with Crippen molar-refractivity contribution in [3.8, 4) is 0 Å². The standard InChI is InChI=1S/C12H19BrN2S/c1-9(7-15-12(2,3)4)16-11-6-5-10(13)8-14-11/h5-6,8-9,15H,7H2,1-4H3. The predicted octanol–water partition coefficient (Wildman–Crippen LogP) is 3.71. The molecule has 4 heteroatoms. The van der Waals surface area contributed by atoms with Gasteiger partial charge in [0.05, 0.1) is 5.03 Å². The molecule has 1 unspecified atom stereocenters. The molecule has 1 aromatic heterocycles. The fourth-order valence-electron chi connectivity index (χ4n) is 1.13. The van der Waals surface area contributed by atoms with E-state index in [4.69, 9.17) is 0 Å². The Bertz CT molecular complexity index is 319. The highest BCUT2D eigenvalue weighted by atomic mass is 79.9. The summed E-state index contributed by atoms with van der Waals surface area (Å²) < 4.78 is 1.03. The van der Waals surface area contributed by atoms with E-state index in [0.29, 0.717) is 5.25 Å². The second kappa shape index (κ2) is 6.03. The van der Waals surface area contributed by atoms with Gasteiger partial charge in [-0.15, -0.1) is 11.8 Å². The molecule has 0 aliphatic rings. The van der Waals surface area contributed by atoms with Crippen molar-refractivity contribution in [2.75, 3.05) is 6.54 Å². The molecule has 1 rings (SSSR count). The van der Waals surface area contributed by atoms with Gasteiger partial charge in [-0.05, 0) is 48.8 Å². The van der Waals surface area contributed by atoms with E-state index < -0.39 is 0 Å². The number of aromatic nitrogens is 1. The van der Waals surface area contributed by atoms with Gasteiger partial charge in [0.15, 0.2) is 0 Å². The van der Waals surface area contributed by atoms with E-state index in [9.17, 15) is 0 Å². The summed E-state index contributed by atoms with van der Waals surface area (Å²) in [6.07, 6.45) is 1.84. The third-order valence-corrected chi connectivity index (χ3v) is 3.46. The molecular weight excluding hydrogens is 284 g/mol. The van der Waals surface area contributed by atoms with Gasteiger partial charge in [0.25, 0.3) is 0 Å². The molecule has 1 heterocycles. The molecule has 2 nitrogen and oxygen atoms in total. The molecule has 0 aliphatic carbocycles. The predicted molar refractivity (Wildman–Crippen MR) is 75.0 cm³/mol. The van der Waals surface area contributed by atoms with Crippen molar-refractivity contribution in [2.24, 2.45) is 0 Å². The average molecular weight is 303 g/mol. The van der Waals surface area contributed by atoms with Crippen molar-refractivity contribution in [2.45, 2.75) is 43.5 Å². The van der Waals surface area contributed by atoms with Crippen LogP contribution in [0.15, 0.2) is 27.8 Å². The van der Waals surface area contributed by atoms with Gasteiger partial charge in [-0.3, -0.25) is 0 Å². The van der Waals surface area contributed by atoms with E-state index in [0.717, 1.165) is 16.0 Å². The molecule has 0 aromatic carbocycles. The van der Waals surface area contributed by atoms with E-state index in [1.165, 1.54) is 0 Å². The lowest BCUT2D eigenvalue weighted by Crippen LogP contribution is -2.39. The van der Waals surface area contributed by atoms with Crippen molar-refractivity contribution in [3.05, 3.63) is 22.8 Å². The molecule has 0 radical (unpaired) electrons. The van der Waals surface area contributed by atoms with Gasteiger partial charge < -0.3 is 5.32 Å². The quantitative estimate of drug-likeness (QED) is 0.858. The first kappa shape index (κ1) is 14.0. The second-order valence-electron chi connectivity index (χ2n) is 4.87. The first-order valence-electron chi connectivity index (χ1n) is 5.40. The molecule has 16 heavy (non-hydrogen) atoms. The number of halogens is 1. The van der Waals surface area contributed by atoms with Crippen LogP contribution in [0.25, 0.3) is 0 Å². The topological polar surface area (TPSA) is 24.9 Å². The summed E-state index contributed by atoms with van der Waals surface area (Å²) >= 11 is 5.18. The highest BCUT2D eigenvalue weighted by molar-refractivity contribution is 9.10. The van der Waals surface area contributed by atoms with Gasteiger partial charge >= 0.3 is 0 Å². The average Bonchev–Trinajstić information content (AvgIpc) is 2.18. The van der Waals surface area contributed by atoms with Crippen LogP contribution in [0.2, 0.25) is 0 Å². The summed E-state index contributed by atoms with van der Waals surface area (Å²) in [7, 11) is 0. The Balaban J connectivity index is 2.39. The highest BCUT2D eigenvalue weighted by Crippen LogP contribution is 2.22. The van der Waals surface area contributed by atoms with Crippen LogP contribution in [0.4, 0.5) is 0 Å². The summed E-state index contributed by atoms with van der Waals surface area (Å²) in [5.41, 5.74) is 0.183. The molecule has 0 saturated heterocycles. The Morgan fingerprint density at radius 3 is 2.62 bits per heavy atom. The largest absolute Gasteiger partial charge is 0.311 e. The van der Waals surface area contributed by atoms with Crippen LogP contribution in [-0.4, -0.2) is 22.3 Å². The third-order valence-electron chi connectivity index (χ3n) is 1.94. The number of rotatable bonds is 4. The Morgan fingerprint density at radius 1 is 1.44 bits per heavy atom. The molecule has 1 atom stereocenters. The molecule has 0 saturated carbocycles. The molecule has 0 bridgehead atoms. The van der Waals surface area contributed by atoms with Gasteiger partial charge in [-0.1, -0.05) is 6.92 Å². The summed E-state index contributed by atoms with van der Waals surface area (Å²) in [6, 6.07) is 4.07. The first-order valence-corrected chi connectivity index (χ1v) is 7.07. The van der Waals surface area contributed by atoms with E-state index in [1.54, 1.807) is 11.8 Å². The summed E-state index contributed by atoms with van der Waals surface area (Å²) in [5.74, 6) is 0. The molecule has 1 N–H and O–H groups in total. The second-order valence-corrected chi connectivity index (χ2v) is 7.25. The lowest BCUT2D eigenvalue weighted by atomic mass is 10.1. The minimum absolute atomic E-state index is 0.183. The van der Waals surface area contributed by atoms with Crippen LogP contribution in [0.1, 0.15) is 27.7 Å². The van der Waals surface area contributed by atoms with Crippen molar-refractivity contribution < 1.29 is 0 Å². The number of thioether (sulfide) groups is 1. The number of hydrogen-bond donors (Lipinski definition) is 1. The molecule has 0 aliphatic heterocycles. The van der Waals surface area contributed by atoms with Gasteiger partial charge in [0, 0.05) is 28.0 Å². The zero-order chi connectivity index (χ0) is 12.2. The van der Waals surface area contributed by atoms with E-state index in [1.807, 2.05) is 18.3 Å². The Kier molecular flexibility index (Phi) is 5.28. The minimum atomic E-state index is 0.183. The van der Waals surface area contributed by atoms with E-state index >= 15 is 0 Å². The van der Waals surface area contributed by atoms with Crippen molar-refractivity contribution in [1.29, 1.82) is 0 Å². The van der Waals surface area contributed by atoms with E-state index in [2.05, 4.69) is 53.9 Å². The number of nitrogens with zero attached hydrogens (tertiary/aromatic N) is 1. The molecular formula is C12H19BrN2S. The Labute approximate surface area is 111 Å². The number of hydrogen-bond acceptors (Lipinski definition) is 3. The van der Waals surface area contributed by atoms with Crippen LogP contribution in [0, 0.1) is 0 Å². The smallest absolute Gasteiger partial charge is 0.0963 e. The lowest BCUT2D eigenvalue weighted by molar-refractivity contribution is 0.429. The monoisotopic (exact) mass is 302 g/mol. The van der Waals surface area contributed by atoms with Crippen LogP contribution in [0.3, 0.4) is 0 Å². The van der Waals surface area contributed by atoms with E-state index in [-0.39, 0.29) is 5.54 Å². The molecule has 90 valence electrons. The van der Waals surface area contributed by atoms with Gasteiger partial charge in [-0.2, -0.15) is 0 Å². The molecule has 1 aromatic rings. The number of nitrogens with one attached hydrogen (secondary N) is 1. The zero-order valence-corrected chi connectivity index (χ0v) is 12.7. The Morgan fingerprint density at radius 2 is 2.12 bits per heavy atom. The van der Waals surface area contributed by atoms with Crippen LogP contribution >= 0.6 is 27.7 Å². The SMILES string of the molecule is CC(CNC(C)(C)C)Sc1ccc(Br)cn1. The maximum Gasteiger partial charge on any atom is 0.0963 e. The van der Waals surface area contributed by atoms with Crippen LogP contribution in [0.5, 0.6) is 0 Å². The molecule has 0 amide bonds. The number of pyridine rings is 1.